The zero-order valence-electron chi connectivity index (χ0n) is 22.2. The number of carbonyl (C=O) groups excluding carboxylic acids is 1. The number of fused-ring (bicyclic) bond motifs is 1. The van der Waals surface area contributed by atoms with Crippen molar-refractivity contribution in [3.63, 3.8) is 0 Å². The Morgan fingerprint density at radius 1 is 1.32 bits per heavy atom. The van der Waals surface area contributed by atoms with E-state index in [0.29, 0.717) is 60.5 Å². The van der Waals surface area contributed by atoms with Crippen LogP contribution in [0.5, 0.6) is 0 Å². The second kappa shape index (κ2) is 11.0. The first-order chi connectivity index (χ1) is 19.4. The van der Waals surface area contributed by atoms with Gasteiger partial charge in [-0.15, -0.1) is 11.3 Å². The number of hydrogen-bond donors (Lipinski definition) is 4. The number of carboxylic acid groups (broad SMARTS) is 1. The lowest BCUT2D eigenvalue weighted by atomic mass is 9.65. The van der Waals surface area contributed by atoms with Gasteiger partial charge in [0.15, 0.2) is 0 Å². The van der Waals surface area contributed by atoms with E-state index >= 15 is 0 Å². The number of rotatable bonds is 7. The highest BCUT2D eigenvalue weighted by molar-refractivity contribution is 7.17. The van der Waals surface area contributed by atoms with Crippen molar-refractivity contribution in [2.75, 3.05) is 24.5 Å². The zero-order valence-corrected chi connectivity index (χ0v) is 23.0. The molecule has 2 amide bonds. The molecule has 2 aliphatic rings. The van der Waals surface area contributed by atoms with Crippen LogP contribution in [0.15, 0.2) is 53.2 Å². The minimum absolute atomic E-state index is 0.318. The van der Waals surface area contributed by atoms with Crippen LogP contribution in [0.4, 0.5) is 10.5 Å². The third-order valence-electron chi connectivity index (χ3n) is 7.78. The summed E-state index contributed by atoms with van der Waals surface area (Å²) in [5, 5.41) is 29.5. The van der Waals surface area contributed by atoms with E-state index in [1.807, 2.05) is 30.9 Å². The highest BCUT2D eigenvalue weighted by Crippen LogP contribution is 2.48. The van der Waals surface area contributed by atoms with Crippen LogP contribution in [0.3, 0.4) is 0 Å². The third kappa shape index (κ3) is 4.47. The van der Waals surface area contributed by atoms with Gasteiger partial charge in [0.05, 0.1) is 38.3 Å². The number of piperidine rings is 1. The van der Waals surface area contributed by atoms with Crippen LogP contribution in [-0.2, 0) is 4.79 Å². The molecule has 3 unspecified atom stereocenters. The molecular formula is C28H30N8O3S. The van der Waals surface area contributed by atoms with Crippen LogP contribution in [0, 0.1) is 22.7 Å². The van der Waals surface area contributed by atoms with Gasteiger partial charge < -0.3 is 20.6 Å². The van der Waals surface area contributed by atoms with Crippen LogP contribution in [0.1, 0.15) is 32.3 Å². The number of aliphatic carboxylic acids is 1. The number of amides is 2. The Labute approximate surface area is 235 Å². The molecule has 0 radical (unpaired) electrons. The fraction of sp³-hybridized carbons (Fsp3) is 0.357. The number of aliphatic imine (C=N–C) groups is 1. The maximum Gasteiger partial charge on any atom is 0.318 e. The van der Waals surface area contributed by atoms with Gasteiger partial charge in [-0.05, 0) is 56.7 Å². The van der Waals surface area contributed by atoms with Crippen molar-refractivity contribution in [1.82, 2.24) is 25.9 Å². The molecule has 4 N–H and O–H groups in total. The molecule has 0 saturated carbocycles. The standard InChI is InChI=1S/C28H30N8O3S/c1-3-27(25(37)38)8-11-30-16-22(27)28(35-26(39)31-4-2)34-10-6-12-36(28)19-13-20(24-21(14-19)33-17-40-24)23-18(15-29)7-5-9-32-23/h5-7,9-10,12-14,17,22,30H,3-4,8,11,16H2,1-2H3,(H,37,38)(H2,31,35,39). The average Bonchev–Trinajstić information content (AvgIpc) is 3.45. The molecule has 11 nitrogen and oxygen atoms in total. The summed E-state index contributed by atoms with van der Waals surface area (Å²) in [6, 6.07) is 8.96. The molecule has 0 bridgehead atoms. The number of allylic oxidation sites excluding steroid dienone is 1. The summed E-state index contributed by atoms with van der Waals surface area (Å²) in [4.78, 5) is 41.8. The van der Waals surface area contributed by atoms with E-state index in [0.717, 1.165) is 4.70 Å². The SMILES string of the molecule is CCNC(=O)NC1(C2CNCCC2(CC)C(=O)O)N=CC=CN1c1cc(-c2ncccc2C#N)c2scnc2c1. The van der Waals surface area contributed by atoms with E-state index in [1.165, 1.54) is 11.3 Å². The summed E-state index contributed by atoms with van der Waals surface area (Å²) < 4.78 is 0.860. The van der Waals surface area contributed by atoms with E-state index in [-0.39, 0.29) is 0 Å². The Morgan fingerprint density at radius 2 is 2.17 bits per heavy atom. The quantitative estimate of drug-likeness (QED) is 0.342. The van der Waals surface area contributed by atoms with Gasteiger partial charge in [-0.3, -0.25) is 15.1 Å². The second-order valence-electron chi connectivity index (χ2n) is 9.73. The molecule has 3 atom stereocenters. The van der Waals surface area contributed by atoms with Crippen LogP contribution < -0.4 is 20.9 Å². The minimum Gasteiger partial charge on any atom is -0.481 e. The van der Waals surface area contributed by atoms with Crippen molar-refractivity contribution >= 4 is 45.5 Å². The van der Waals surface area contributed by atoms with Gasteiger partial charge in [0.2, 0.25) is 5.79 Å². The van der Waals surface area contributed by atoms with Crippen molar-refractivity contribution in [1.29, 1.82) is 5.26 Å². The van der Waals surface area contributed by atoms with Gasteiger partial charge >= 0.3 is 12.0 Å². The number of carboxylic acids is 1. The van der Waals surface area contributed by atoms with Crippen molar-refractivity contribution in [3.8, 4) is 17.3 Å². The molecule has 4 heterocycles. The highest BCUT2D eigenvalue weighted by Gasteiger charge is 2.59. The van der Waals surface area contributed by atoms with Gasteiger partial charge in [-0.1, -0.05) is 6.92 Å². The summed E-state index contributed by atoms with van der Waals surface area (Å²) in [5.74, 6) is -3.07. The summed E-state index contributed by atoms with van der Waals surface area (Å²) >= 11 is 1.44. The fourth-order valence-corrected chi connectivity index (χ4v) is 6.60. The molecule has 1 fully saturated rings. The molecule has 1 saturated heterocycles. The largest absolute Gasteiger partial charge is 0.481 e. The topological polar surface area (TPSA) is 156 Å². The maximum atomic E-state index is 13.2. The molecule has 206 valence electrons. The van der Waals surface area contributed by atoms with Crippen molar-refractivity contribution in [2.24, 2.45) is 16.3 Å². The normalized spacial score (nSPS) is 24.0. The number of nitrogens with one attached hydrogen (secondary N) is 3. The van der Waals surface area contributed by atoms with Gasteiger partial charge in [-0.25, -0.2) is 14.8 Å². The van der Waals surface area contributed by atoms with E-state index in [4.69, 9.17) is 4.99 Å². The maximum absolute atomic E-state index is 13.2. The van der Waals surface area contributed by atoms with Crippen molar-refractivity contribution in [3.05, 3.63) is 53.8 Å². The van der Waals surface area contributed by atoms with Gasteiger partial charge in [0, 0.05) is 43.0 Å². The Balaban J connectivity index is 1.75. The summed E-state index contributed by atoms with van der Waals surface area (Å²) in [5.41, 5.74) is 3.52. The molecule has 2 aromatic heterocycles. The van der Waals surface area contributed by atoms with Crippen LogP contribution in [0.2, 0.25) is 0 Å². The number of aromatic nitrogens is 2. The number of carbonyl (C=O) groups is 2. The Hall–Kier alpha value is -4.34. The number of nitriles is 1. The van der Waals surface area contributed by atoms with E-state index in [1.54, 1.807) is 42.3 Å². The Bertz CT molecular complexity index is 1550. The second-order valence-corrected chi connectivity index (χ2v) is 10.6. The fourth-order valence-electron chi connectivity index (χ4n) is 5.81. The van der Waals surface area contributed by atoms with E-state index in [9.17, 15) is 20.0 Å². The summed E-state index contributed by atoms with van der Waals surface area (Å²) in [6.07, 6.45) is 7.50. The van der Waals surface area contributed by atoms with Crippen LogP contribution in [-0.4, -0.2) is 58.7 Å². The number of benzene rings is 1. The highest BCUT2D eigenvalue weighted by atomic mass is 32.1. The smallest absolute Gasteiger partial charge is 0.318 e. The lowest BCUT2D eigenvalue weighted by molar-refractivity contribution is -0.158. The molecule has 12 heteroatoms. The molecule has 1 aromatic carbocycles. The molecule has 5 rings (SSSR count). The number of pyridine rings is 1. The molecule has 0 aliphatic carbocycles. The zero-order chi connectivity index (χ0) is 28.3. The monoisotopic (exact) mass is 558 g/mol. The number of nitrogens with zero attached hydrogens (tertiary/aromatic N) is 5. The van der Waals surface area contributed by atoms with Gasteiger partial charge in [-0.2, -0.15) is 5.26 Å². The summed E-state index contributed by atoms with van der Waals surface area (Å²) in [7, 11) is 0. The van der Waals surface area contributed by atoms with Gasteiger partial charge in [0.25, 0.3) is 0 Å². The van der Waals surface area contributed by atoms with Gasteiger partial charge in [0.1, 0.15) is 6.07 Å². The Kier molecular flexibility index (Phi) is 7.51. The van der Waals surface area contributed by atoms with E-state index in [2.05, 4.69) is 32.0 Å². The first-order valence-electron chi connectivity index (χ1n) is 13.1. The van der Waals surface area contributed by atoms with Crippen molar-refractivity contribution in [2.45, 2.75) is 32.5 Å². The first kappa shape index (κ1) is 27.2. The first-order valence-corrected chi connectivity index (χ1v) is 14.0. The average molecular weight is 559 g/mol. The number of urea groups is 1. The molecular weight excluding hydrogens is 528 g/mol. The van der Waals surface area contributed by atoms with E-state index < -0.39 is 29.1 Å². The lowest BCUT2D eigenvalue weighted by Gasteiger charge is -2.53. The third-order valence-corrected chi connectivity index (χ3v) is 8.65. The number of hydrogen-bond acceptors (Lipinski definition) is 9. The Morgan fingerprint density at radius 3 is 2.92 bits per heavy atom. The molecule has 2 aliphatic heterocycles. The minimum atomic E-state index is -1.49. The predicted molar refractivity (Wildman–Crippen MR) is 154 cm³/mol. The van der Waals surface area contributed by atoms with Crippen LogP contribution >= 0.6 is 11.3 Å². The molecule has 3 aromatic rings. The summed E-state index contributed by atoms with van der Waals surface area (Å²) in [6.45, 7) is 4.92. The number of thiazole rings is 1. The number of anilines is 1. The lowest BCUT2D eigenvalue weighted by Crippen LogP contribution is -2.71. The molecule has 0 spiro atoms. The molecule has 40 heavy (non-hydrogen) atoms. The van der Waals surface area contributed by atoms with Crippen molar-refractivity contribution < 1.29 is 14.7 Å². The van der Waals surface area contributed by atoms with Crippen LogP contribution in [0.25, 0.3) is 21.5 Å². The predicted octanol–water partition coefficient (Wildman–Crippen LogP) is 3.70.